The molecule has 1 aromatic heterocycles. The van der Waals surface area contributed by atoms with Crippen LogP contribution >= 0.6 is 0 Å². The van der Waals surface area contributed by atoms with Crippen molar-refractivity contribution in [2.24, 2.45) is 0 Å². The van der Waals surface area contributed by atoms with Gasteiger partial charge in [-0.1, -0.05) is 6.08 Å². The quantitative estimate of drug-likeness (QED) is 0.439. The third-order valence-electron chi connectivity index (χ3n) is 1.41. The summed E-state index contributed by atoms with van der Waals surface area (Å²) in [5.41, 5.74) is 0. The molecular formula is C9H12N. The Bertz CT molecular complexity index is 175. The topological polar surface area (TPSA) is 4.93 Å². The Hall–Kier alpha value is -0.980. The molecule has 0 aromatic carbocycles. The van der Waals surface area contributed by atoms with E-state index in [0.717, 1.165) is 19.4 Å². The molecule has 1 nitrogen and oxygen atoms in total. The van der Waals surface area contributed by atoms with E-state index >= 15 is 0 Å². The van der Waals surface area contributed by atoms with Gasteiger partial charge in [0.15, 0.2) is 0 Å². The Morgan fingerprint density at radius 1 is 1.60 bits per heavy atom. The Balaban J connectivity index is 2.21. The minimum absolute atomic E-state index is 1.05. The number of hydrogen-bond acceptors (Lipinski definition) is 0. The third kappa shape index (κ3) is 2.09. The predicted molar refractivity (Wildman–Crippen MR) is 42.7 cm³/mol. The van der Waals surface area contributed by atoms with Crippen molar-refractivity contribution in [3.63, 3.8) is 0 Å². The Morgan fingerprint density at radius 3 is 3.10 bits per heavy atom. The van der Waals surface area contributed by atoms with Crippen molar-refractivity contribution < 1.29 is 0 Å². The fraction of sp³-hybridized carbons (Fsp3) is 0.333. The van der Waals surface area contributed by atoms with Crippen LogP contribution in [-0.2, 0) is 6.54 Å². The zero-order valence-corrected chi connectivity index (χ0v) is 6.09. The van der Waals surface area contributed by atoms with Crippen LogP contribution in [0, 0.1) is 6.20 Å². The summed E-state index contributed by atoms with van der Waals surface area (Å²) in [5.74, 6) is 0. The van der Waals surface area contributed by atoms with Crippen molar-refractivity contribution in [1.29, 1.82) is 0 Å². The van der Waals surface area contributed by atoms with Gasteiger partial charge in [0.2, 0.25) is 0 Å². The molecule has 0 spiro atoms. The first kappa shape index (κ1) is 7.13. The lowest BCUT2D eigenvalue weighted by Gasteiger charge is -1.97. The minimum atomic E-state index is 1.05. The van der Waals surface area contributed by atoms with E-state index in [1.54, 1.807) is 0 Å². The van der Waals surface area contributed by atoms with E-state index in [4.69, 9.17) is 0 Å². The molecule has 1 heterocycles. The molecule has 0 unspecified atom stereocenters. The van der Waals surface area contributed by atoms with Crippen molar-refractivity contribution in [2.75, 3.05) is 0 Å². The van der Waals surface area contributed by atoms with Gasteiger partial charge < -0.3 is 4.57 Å². The summed E-state index contributed by atoms with van der Waals surface area (Å²) >= 11 is 0. The first-order valence-corrected chi connectivity index (χ1v) is 3.57. The monoisotopic (exact) mass is 134 g/mol. The molecule has 0 saturated carbocycles. The number of allylic oxidation sites excluding steroid dienone is 1. The van der Waals surface area contributed by atoms with E-state index in [2.05, 4.69) is 17.3 Å². The van der Waals surface area contributed by atoms with E-state index in [0.29, 0.717) is 0 Å². The second-order valence-electron chi connectivity index (χ2n) is 2.26. The fourth-order valence-corrected chi connectivity index (χ4v) is 0.874. The molecule has 0 fully saturated rings. The van der Waals surface area contributed by atoms with Crippen molar-refractivity contribution in [1.82, 2.24) is 4.57 Å². The van der Waals surface area contributed by atoms with E-state index in [1.807, 2.05) is 24.4 Å². The van der Waals surface area contributed by atoms with Crippen LogP contribution in [-0.4, -0.2) is 4.57 Å². The van der Waals surface area contributed by atoms with Gasteiger partial charge in [0.1, 0.15) is 0 Å². The summed E-state index contributed by atoms with van der Waals surface area (Å²) < 4.78 is 2.06. The summed E-state index contributed by atoms with van der Waals surface area (Å²) in [6, 6.07) is 3.92. The van der Waals surface area contributed by atoms with Crippen molar-refractivity contribution in [2.45, 2.75) is 19.4 Å². The summed E-state index contributed by atoms with van der Waals surface area (Å²) in [6.07, 6.45) is 9.31. The molecule has 0 bridgehead atoms. The van der Waals surface area contributed by atoms with Crippen LogP contribution in [0.15, 0.2) is 31.0 Å². The third-order valence-corrected chi connectivity index (χ3v) is 1.41. The average Bonchev–Trinajstić information content (AvgIpc) is 2.41. The van der Waals surface area contributed by atoms with E-state index in [9.17, 15) is 0 Å². The first-order valence-electron chi connectivity index (χ1n) is 3.57. The summed E-state index contributed by atoms with van der Waals surface area (Å²) in [4.78, 5) is 0. The van der Waals surface area contributed by atoms with Gasteiger partial charge in [-0.25, -0.2) is 0 Å². The minimum Gasteiger partial charge on any atom is -0.346 e. The largest absolute Gasteiger partial charge is 0.346 e. The summed E-state index contributed by atoms with van der Waals surface area (Å²) in [6.45, 7) is 4.71. The second kappa shape index (κ2) is 3.94. The van der Waals surface area contributed by atoms with Crippen LogP contribution in [0.1, 0.15) is 12.8 Å². The number of nitrogens with zero attached hydrogens (tertiary/aromatic N) is 1. The molecular weight excluding hydrogens is 122 g/mol. The van der Waals surface area contributed by atoms with Gasteiger partial charge in [0, 0.05) is 12.7 Å². The summed E-state index contributed by atoms with van der Waals surface area (Å²) in [7, 11) is 0. The van der Waals surface area contributed by atoms with Crippen molar-refractivity contribution in [3.05, 3.63) is 37.2 Å². The molecule has 0 aliphatic heterocycles. The maximum Gasteiger partial charge on any atom is 0.0647 e. The maximum atomic E-state index is 3.66. The fourth-order valence-electron chi connectivity index (χ4n) is 0.874. The van der Waals surface area contributed by atoms with Gasteiger partial charge in [-0.15, -0.1) is 6.58 Å². The smallest absolute Gasteiger partial charge is 0.0647 e. The molecule has 1 aromatic rings. The highest BCUT2D eigenvalue weighted by Gasteiger charge is 1.86. The van der Waals surface area contributed by atoms with Crippen LogP contribution < -0.4 is 0 Å². The standard InChI is InChI=1S/C9H12N/c1-2-3-4-7-10-8-5-6-9-10/h2,5-6,8H,1,3-4,7H2. The molecule has 1 radical (unpaired) electrons. The molecule has 0 aliphatic rings. The van der Waals surface area contributed by atoms with Crippen LogP contribution in [0.4, 0.5) is 0 Å². The average molecular weight is 134 g/mol. The maximum absolute atomic E-state index is 3.66. The van der Waals surface area contributed by atoms with Crippen molar-refractivity contribution >= 4 is 0 Å². The van der Waals surface area contributed by atoms with E-state index in [1.165, 1.54) is 0 Å². The van der Waals surface area contributed by atoms with Crippen LogP contribution in [0.2, 0.25) is 0 Å². The zero-order chi connectivity index (χ0) is 7.23. The molecule has 10 heavy (non-hydrogen) atoms. The lowest BCUT2D eigenvalue weighted by Crippen LogP contribution is -1.92. The molecule has 1 heteroatoms. The SMILES string of the molecule is C=CCCCn1[c]ccc1. The summed E-state index contributed by atoms with van der Waals surface area (Å²) in [5, 5.41) is 0. The predicted octanol–water partition coefficient (Wildman–Crippen LogP) is 2.25. The van der Waals surface area contributed by atoms with Gasteiger partial charge in [-0.2, -0.15) is 0 Å². The number of unbranched alkanes of at least 4 members (excludes halogenated alkanes) is 1. The van der Waals surface area contributed by atoms with Gasteiger partial charge in [-0.05, 0) is 25.0 Å². The second-order valence-corrected chi connectivity index (χ2v) is 2.26. The Labute approximate surface area is 62.0 Å². The van der Waals surface area contributed by atoms with Gasteiger partial charge in [0.05, 0.1) is 6.20 Å². The van der Waals surface area contributed by atoms with Gasteiger partial charge >= 0.3 is 0 Å². The highest BCUT2D eigenvalue weighted by atomic mass is 14.9. The van der Waals surface area contributed by atoms with E-state index < -0.39 is 0 Å². The number of hydrogen-bond donors (Lipinski definition) is 0. The van der Waals surface area contributed by atoms with Gasteiger partial charge in [-0.3, -0.25) is 0 Å². The van der Waals surface area contributed by atoms with Crippen LogP contribution in [0.25, 0.3) is 0 Å². The molecule has 0 atom stereocenters. The normalized spacial score (nSPS) is 9.60. The number of rotatable bonds is 4. The number of aromatic nitrogens is 1. The lowest BCUT2D eigenvalue weighted by molar-refractivity contribution is 0.650. The highest BCUT2D eigenvalue weighted by molar-refractivity contribution is 4.88. The number of aryl methyl sites for hydroxylation is 1. The lowest BCUT2D eigenvalue weighted by atomic mass is 10.3. The van der Waals surface area contributed by atoms with Crippen LogP contribution in [0.3, 0.4) is 0 Å². The molecule has 0 saturated heterocycles. The molecule has 0 N–H and O–H groups in total. The van der Waals surface area contributed by atoms with Crippen LogP contribution in [0.5, 0.6) is 0 Å². The molecule has 0 amide bonds. The zero-order valence-electron chi connectivity index (χ0n) is 6.09. The molecule has 53 valence electrons. The van der Waals surface area contributed by atoms with Crippen molar-refractivity contribution in [3.8, 4) is 0 Å². The molecule has 1 rings (SSSR count). The highest BCUT2D eigenvalue weighted by Crippen LogP contribution is 1.95. The Kier molecular flexibility index (Phi) is 2.81. The Morgan fingerprint density at radius 2 is 2.50 bits per heavy atom. The van der Waals surface area contributed by atoms with E-state index in [-0.39, 0.29) is 0 Å². The van der Waals surface area contributed by atoms with Gasteiger partial charge in [0.25, 0.3) is 0 Å². The molecule has 0 aliphatic carbocycles. The first-order chi connectivity index (χ1) is 4.93.